The second-order valence-corrected chi connectivity index (χ2v) is 11.8. The molecule has 0 bridgehead atoms. The first-order valence-electron chi connectivity index (χ1n) is 15.6. The minimum atomic E-state index is -0.698. The summed E-state index contributed by atoms with van der Waals surface area (Å²) >= 11 is 0. The number of imidazole rings is 1. The van der Waals surface area contributed by atoms with Crippen molar-refractivity contribution < 1.29 is 8.78 Å². The van der Waals surface area contributed by atoms with Crippen LogP contribution in [0.5, 0.6) is 0 Å². The number of allylic oxidation sites excluding steroid dienone is 4. The van der Waals surface area contributed by atoms with E-state index in [1.165, 1.54) is 24.3 Å². The summed E-state index contributed by atoms with van der Waals surface area (Å²) in [6.07, 6.45) is 13.4. The quantitative estimate of drug-likeness (QED) is 0.179. The van der Waals surface area contributed by atoms with Gasteiger partial charge >= 0.3 is 0 Å². The fraction of sp³-hybridized carbons (Fsp3) is 0.0732. The number of benzene rings is 5. The molecule has 1 unspecified atom stereocenters. The molecule has 0 fully saturated rings. The van der Waals surface area contributed by atoms with Crippen molar-refractivity contribution in [2.24, 2.45) is 5.92 Å². The van der Waals surface area contributed by atoms with E-state index in [1.54, 1.807) is 30.6 Å². The highest BCUT2D eigenvalue weighted by Gasteiger charge is 2.44. The van der Waals surface area contributed by atoms with E-state index < -0.39 is 5.54 Å². The smallest absolute Gasteiger partial charge is 0.123 e. The number of hydrogen-bond donors (Lipinski definition) is 0. The lowest BCUT2D eigenvalue weighted by atomic mass is 9.70. The summed E-state index contributed by atoms with van der Waals surface area (Å²) in [5.41, 5.74) is 7.41. The predicted octanol–water partition coefficient (Wildman–Crippen LogP) is 9.76. The third-order valence-electron chi connectivity index (χ3n) is 9.10. The Labute approximate surface area is 271 Å². The fourth-order valence-corrected chi connectivity index (χ4v) is 6.87. The van der Waals surface area contributed by atoms with E-state index in [2.05, 4.69) is 101 Å². The van der Waals surface area contributed by atoms with E-state index >= 15 is 0 Å². The summed E-state index contributed by atoms with van der Waals surface area (Å²) in [6, 6.07) is 40.1. The van der Waals surface area contributed by atoms with Gasteiger partial charge < -0.3 is 0 Å². The summed E-state index contributed by atoms with van der Waals surface area (Å²) < 4.78 is 32.0. The fourth-order valence-electron chi connectivity index (χ4n) is 6.87. The molecule has 8 rings (SSSR count). The Hall–Kier alpha value is -5.88. The van der Waals surface area contributed by atoms with Crippen LogP contribution in [0.3, 0.4) is 0 Å². The van der Waals surface area contributed by atoms with Crippen LogP contribution in [0.25, 0.3) is 39.1 Å². The van der Waals surface area contributed by atoms with Crippen LogP contribution in [0.2, 0.25) is 0 Å². The standard InChI is InChI=1S/C41H30F2N4/c42-34-19-16-29(17-20-34)40-37(30-18-25-38-39(26-30)46(28-44-38)36-23-21-35(43)22-24-36)27-47(45-40)41(31-10-4-1-5-11-31,32-12-6-2-7-13-32)33-14-8-3-9-15-33/h1-14,16-28,33H,15H2. The minimum Gasteiger partial charge on any atom is -0.299 e. The molecule has 0 spiro atoms. The first-order valence-corrected chi connectivity index (χ1v) is 15.6. The van der Waals surface area contributed by atoms with Crippen LogP contribution in [0, 0.1) is 17.6 Å². The van der Waals surface area contributed by atoms with E-state index in [4.69, 9.17) is 5.10 Å². The van der Waals surface area contributed by atoms with Gasteiger partial charge in [0, 0.05) is 28.9 Å². The Balaban J connectivity index is 1.40. The maximum absolute atomic E-state index is 14.2. The molecule has 47 heavy (non-hydrogen) atoms. The van der Waals surface area contributed by atoms with Gasteiger partial charge in [-0.3, -0.25) is 9.25 Å². The van der Waals surface area contributed by atoms with E-state index in [1.807, 2.05) is 22.8 Å². The summed E-state index contributed by atoms with van der Waals surface area (Å²) in [5.74, 6) is -0.547. The maximum Gasteiger partial charge on any atom is 0.123 e. The van der Waals surface area contributed by atoms with Gasteiger partial charge in [-0.1, -0.05) is 91.0 Å². The molecule has 1 aliphatic rings. The van der Waals surface area contributed by atoms with E-state index in [0.29, 0.717) is 0 Å². The highest BCUT2D eigenvalue weighted by atomic mass is 19.1. The second-order valence-electron chi connectivity index (χ2n) is 11.8. The van der Waals surface area contributed by atoms with Gasteiger partial charge in [0.25, 0.3) is 0 Å². The maximum atomic E-state index is 14.2. The van der Waals surface area contributed by atoms with Gasteiger partial charge in [-0.05, 0) is 83.8 Å². The number of halogens is 2. The lowest BCUT2D eigenvalue weighted by Gasteiger charge is -2.41. The lowest BCUT2D eigenvalue weighted by molar-refractivity contribution is 0.293. The van der Waals surface area contributed by atoms with Crippen molar-refractivity contribution in [1.82, 2.24) is 19.3 Å². The number of fused-ring (bicyclic) bond motifs is 1. The Morgan fingerprint density at radius 2 is 1.32 bits per heavy atom. The number of nitrogens with zero attached hydrogens (tertiary/aromatic N) is 4. The van der Waals surface area contributed by atoms with Crippen molar-refractivity contribution in [3.05, 3.63) is 187 Å². The van der Waals surface area contributed by atoms with Crippen molar-refractivity contribution in [1.29, 1.82) is 0 Å². The topological polar surface area (TPSA) is 35.6 Å². The Kier molecular flexibility index (Phi) is 7.18. The lowest BCUT2D eigenvalue weighted by Crippen LogP contribution is -2.43. The number of aromatic nitrogens is 4. The van der Waals surface area contributed by atoms with Crippen molar-refractivity contribution >= 4 is 11.0 Å². The molecule has 0 saturated carbocycles. The second kappa shape index (κ2) is 11.8. The molecule has 0 aliphatic heterocycles. The normalized spacial score (nSPS) is 14.6. The third-order valence-corrected chi connectivity index (χ3v) is 9.10. The molecule has 2 heterocycles. The van der Waals surface area contributed by atoms with Gasteiger partial charge in [-0.15, -0.1) is 0 Å². The molecular weight excluding hydrogens is 586 g/mol. The Morgan fingerprint density at radius 1 is 0.681 bits per heavy atom. The Bertz CT molecular complexity index is 2190. The molecule has 7 aromatic rings. The minimum absolute atomic E-state index is 0.0495. The van der Waals surface area contributed by atoms with E-state index in [9.17, 15) is 8.78 Å². The monoisotopic (exact) mass is 616 g/mol. The summed E-state index contributed by atoms with van der Waals surface area (Å²) in [4.78, 5) is 4.62. The van der Waals surface area contributed by atoms with Crippen LogP contribution in [0.4, 0.5) is 8.78 Å². The van der Waals surface area contributed by atoms with E-state index in [0.717, 1.165) is 56.7 Å². The first kappa shape index (κ1) is 28.6. The molecule has 0 N–H and O–H groups in total. The van der Waals surface area contributed by atoms with Crippen LogP contribution in [0.1, 0.15) is 17.5 Å². The largest absolute Gasteiger partial charge is 0.299 e. The highest BCUT2D eigenvalue weighted by molar-refractivity contribution is 5.88. The first-order chi connectivity index (χ1) is 23.1. The number of hydrogen-bond acceptors (Lipinski definition) is 2. The van der Waals surface area contributed by atoms with Gasteiger partial charge in [0.15, 0.2) is 0 Å². The molecule has 2 aromatic heterocycles. The molecule has 0 amide bonds. The molecule has 0 saturated heterocycles. The van der Waals surface area contributed by atoms with E-state index in [-0.39, 0.29) is 17.6 Å². The van der Waals surface area contributed by atoms with Crippen LogP contribution < -0.4 is 0 Å². The van der Waals surface area contributed by atoms with Crippen LogP contribution >= 0.6 is 0 Å². The third kappa shape index (κ3) is 4.99. The van der Waals surface area contributed by atoms with Crippen LogP contribution in [-0.4, -0.2) is 19.3 Å². The van der Waals surface area contributed by atoms with Crippen LogP contribution in [0.15, 0.2) is 164 Å². The van der Waals surface area contributed by atoms with Crippen molar-refractivity contribution in [3.8, 4) is 28.1 Å². The molecule has 4 nitrogen and oxygen atoms in total. The average molecular weight is 617 g/mol. The summed E-state index contributed by atoms with van der Waals surface area (Å²) in [7, 11) is 0. The Morgan fingerprint density at radius 3 is 1.96 bits per heavy atom. The summed E-state index contributed by atoms with van der Waals surface area (Å²) in [6.45, 7) is 0. The summed E-state index contributed by atoms with van der Waals surface area (Å²) in [5, 5.41) is 5.42. The number of rotatable bonds is 7. The zero-order valence-electron chi connectivity index (χ0n) is 25.4. The predicted molar refractivity (Wildman–Crippen MR) is 183 cm³/mol. The zero-order valence-corrected chi connectivity index (χ0v) is 25.4. The van der Waals surface area contributed by atoms with Gasteiger partial charge in [0.05, 0.1) is 11.0 Å². The van der Waals surface area contributed by atoms with Crippen molar-refractivity contribution in [2.45, 2.75) is 12.0 Å². The highest BCUT2D eigenvalue weighted by Crippen LogP contribution is 2.46. The van der Waals surface area contributed by atoms with Gasteiger partial charge in [0.1, 0.15) is 29.2 Å². The van der Waals surface area contributed by atoms with Gasteiger partial charge in [-0.25, -0.2) is 13.8 Å². The zero-order chi connectivity index (χ0) is 31.8. The molecule has 1 atom stereocenters. The molecule has 1 aliphatic carbocycles. The SMILES string of the molecule is Fc1ccc(-c2nn(C(c3ccccc3)(c3ccccc3)C3C=CC=CC3)cc2-c2ccc3ncn(-c4ccc(F)cc4)c3c2)cc1. The molecule has 0 radical (unpaired) electrons. The van der Waals surface area contributed by atoms with Crippen LogP contribution in [-0.2, 0) is 5.54 Å². The molecular formula is C41H30F2N4. The molecule has 228 valence electrons. The van der Waals surface area contributed by atoms with Crippen molar-refractivity contribution in [2.75, 3.05) is 0 Å². The average Bonchev–Trinajstić information content (AvgIpc) is 3.76. The van der Waals surface area contributed by atoms with Gasteiger partial charge in [0.2, 0.25) is 0 Å². The van der Waals surface area contributed by atoms with Crippen molar-refractivity contribution in [3.63, 3.8) is 0 Å². The van der Waals surface area contributed by atoms with Gasteiger partial charge in [-0.2, -0.15) is 5.10 Å². The molecule has 5 aromatic carbocycles. The molecule has 6 heteroatoms.